The molecular formula is C14H18N2S. The van der Waals surface area contributed by atoms with Crippen LogP contribution in [0.1, 0.15) is 30.3 Å². The minimum Gasteiger partial charge on any atom is -0.314 e. The monoisotopic (exact) mass is 246 g/mol. The van der Waals surface area contributed by atoms with Crippen LogP contribution in [0, 0.1) is 19.3 Å². The third-order valence-corrected chi connectivity index (χ3v) is 3.77. The van der Waals surface area contributed by atoms with E-state index in [0.717, 1.165) is 0 Å². The molecule has 0 aliphatic heterocycles. The molecule has 2 nitrogen and oxygen atoms in total. The van der Waals surface area contributed by atoms with E-state index >= 15 is 0 Å². The lowest BCUT2D eigenvalue weighted by Crippen LogP contribution is -2.16. The summed E-state index contributed by atoms with van der Waals surface area (Å²) in [4.78, 5) is 1.85. The molecule has 0 atom stereocenters. The summed E-state index contributed by atoms with van der Waals surface area (Å²) in [6.07, 6.45) is 0. The molecule has 0 saturated carbocycles. The van der Waals surface area contributed by atoms with E-state index in [4.69, 9.17) is 5.41 Å². The van der Waals surface area contributed by atoms with Gasteiger partial charge >= 0.3 is 0 Å². The lowest BCUT2D eigenvalue weighted by Gasteiger charge is -2.13. The number of hydrogen-bond donors (Lipinski definition) is 1. The summed E-state index contributed by atoms with van der Waals surface area (Å²) in [7, 11) is 0. The SMILES string of the molecule is Cc1ccc(-c2c(C)sc(=N)n2C(C)C)cc1. The second-order valence-electron chi connectivity index (χ2n) is 4.64. The summed E-state index contributed by atoms with van der Waals surface area (Å²) in [5, 5.41) is 8.04. The minimum atomic E-state index is 0.323. The number of nitrogens with zero attached hydrogens (tertiary/aromatic N) is 1. The number of aryl methyl sites for hydroxylation is 2. The molecule has 17 heavy (non-hydrogen) atoms. The van der Waals surface area contributed by atoms with Crippen LogP contribution in [0.15, 0.2) is 24.3 Å². The van der Waals surface area contributed by atoms with Gasteiger partial charge in [0.1, 0.15) is 0 Å². The zero-order valence-corrected chi connectivity index (χ0v) is 11.6. The number of hydrogen-bond acceptors (Lipinski definition) is 2. The Morgan fingerprint density at radius 2 is 1.71 bits per heavy atom. The molecule has 2 aromatic rings. The number of benzene rings is 1. The minimum absolute atomic E-state index is 0.323. The summed E-state index contributed by atoms with van der Waals surface area (Å²) in [5.74, 6) is 0. The molecule has 0 fully saturated rings. The van der Waals surface area contributed by atoms with Crippen molar-refractivity contribution in [1.82, 2.24) is 4.57 Å². The van der Waals surface area contributed by atoms with Gasteiger partial charge in [0.2, 0.25) is 0 Å². The molecule has 1 aromatic heterocycles. The van der Waals surface area contributed by atoms with Crippen molar-refractivity contribution in [3.05, 3.63) is 39.5 Å². The van der Waals surface area contributed by atoms with Crippen LogP contribution in [0.3, 0.4) is 0 Å². The zero-order valence-electron chi connectivity index (χ0n) is 10.7. The number of thiazole rings is 1. The molecule has 2 rings (SSSR count). The van der Waals surface area contributed by atoms with E-state index in [-0.39, 0.29) is 0 Å². The summed E-state index contributed by atoms with van der Waals surface area (Å²) >= 11 is 1.55. The molecule has 1 aromatic carbocycles. The van der Waals surface area contributed by atoms with Crippen LogP contribution >= 0.6 is 11.3 Å². The van der Waals surface area contributed by atoms with Gasteiger partial charge < -0.3 is 4.57 Å². The van der Waals surface area contributed by atoms with Crippen LogP contribution in [-0.4, -0.2) is 4.57 Å². The Labute approximate surface area is 106 Å². The van der Waals surface area contributed by atoms with Crippen molar-refractivity contribution in [2.45, 2.75) is 33.7 Å². The van der Waals surface area contributed by atoms with E-state index in [0.29, 0.717) is 10.8 Å². The van der Waals surface area contributed by atoms with E-state index in [2.05, 4.69) is 56.5 Å². The quantitative estimate of drug-likeness (QED) is 0.833. The molecule has 0 amide bonds. The van der Waals surface area contributed by atoms with E-state index in [1.54, 1.807) is 11.3 Å². The molecule has 0 aliphatic carbocycles. The van der Waals surface area contributed by atoms with Gasteiger partial charge in [-0.1, -0.05) is 29.8 Å². The third-order valence-electron chi connectivity index (χ3n) is 2.88. The highest BCUT2D eigenvalue weighted by Crippen LogP contribution is 2.27. The first-order chi connectivity index (χ1) is 8.00. The van der Waals surface area contributed by atoms with Gasteiger partial charge in [0.15, 0.2) is 4.80 Å². The fourth-order valence-electron chi connectivity index (χ4n) is 2.06. The van der Waals surface area contributed by atoms with Crippen LogP contribution < -0.4 is 4.80 Å². The first-order valence-corrected chi connectivity index (χ1v) is 6.66. The van der Waals surface area contributed by atoms with Gasteiger partial charge in [-0.05, 0) is 33.3 Å². The maximum Gasteiger partial charge on any atom is 0.182 e. The van der Waals surface area contributed by atoms with Crippen molar-refractivity contribution >= 4 is 11.3 Å². The zero-order chi connectivity index (χ0) is 12.6. The molecule has 0 radical (unpaired) electrons. The fourth-order valence-corrected chi connectivity index (χ4v) is 3.06. The van der Waals surface area contributed by atoms with Crippen LogP contribution in [-0.2, 0) is 0 Å². The van der Waals surface area contributed by atoms with Crippen molar-refractivity contribution in [3.63, 3.8) is 0 Å². The number of rotatable bonds is 2. The summed E-state index contributed by atoms with van der Waals surface area (Å²) in [6.45, 7) is 8.44. The molecule has 90 valence electrons. The van der Waals surface area contributed by atoms with Crippen molar-refractivity contribution in [1.29, 1.82) is 5.41 Å². The fraction of sp³-hybridized carbons (Fsp3) is 0.357. The molecule has 3 heteroatoms. The van der Waals surface area contributed by atoms with Crippen molar-refractivity contribution in [2.75, 3.05) is 0 Å². The maximum atomic E-state index is 8.04. The Bertz CT molecular complexity index is 573. The molecule has 0 bridgehead atoms. The van der Waals surface area contributed by atoms with Gasteiger partial charge in [-0.15, -0.1) is 11.3 Å². The van der Waals surface area contributed by atoms with Gasteiger partial charge in [0, 0.05) is 10.9 Å². The summed E-state index contributed by atoms with van der Waals surface area (Å²) < 4.78 is 2.10. The van der Waals surface area contributed by atoms with Crippen LogP contribution in [0.5, 0.6) is 0 Å². The van der Waals surface area contributed by atoms with Gasteiger partial charge in [-0.2, -0.15) is 0 Å². The highest BCUT2D eigenvalue weighted by atomic mass is 32.1. The number of aromatic nitrogens is 1. The summed E-state index contributed by atoms with van der Waals surface area (Å²) in [5.41, 5.74) is 3.66. The smallest absolute Gasteiger partial charge is 0.182 e. The largest absolute Gasteiger partial charge is 0.314 e. The van der Waals surface area contributed by atoms with Gasteiger partial charge in [0.25, 0.3) is 0 Å². The highest BCUT2D eigenvalue weighted by molar-refractivity contribution is 7.09. The van der Waals surface area contributed by atoms with Crippen LogP contribution in [0.4, 0.5) is 0 Å². The Morgan fingerprint density at radius 1 is 1.12 bits per heavy atom. The summed E-state index contributed by atoms with van der Waals surface area (Å²) in [6, 6.07) is 8.86. The Kier molecular flexibility index (Phi) is 3.20. The Balaban J connectivity index is 2.66. The molecule has 0 aliphatic rings. The van der Waals surface area contributed by atoms with E-state index in [1.807, 2.05) is 0 Å². The van der Waals surface area contributed by atoms with Gasteiger partial charge in [0.05, 0.1) is 5.69 Å². The normalized spacial score (nSPS) is 11.1. The second kappa shape index (κ2) is 4.49. The second-order valence-corrected chi connectivity index (χ2v) is 5.84. The molecular weight excluding hydrogens is 228 g/mol. The van der Waals surface area contributed by atoms with Gasteiger partial charge in [-0.25, -0.2) is 0 Å². The molecule has 0 spiro atoms. The third kappa shape index (κ3) is 2.20. The topological polar surface area (TPSA) is 28.8 Å². The molecule has 0 unspecified atom stereocenters. The lowest BCUT2D eigenvalue weighted by atomic mass is 10.1. The Morgan fingerprint density at radius 3 is 2.24 bits per heavy atom. The van der Waals surface area contributed by atoms with E-state index in [1.165, 1.54) is 21.7 Å². The standard InChI is InChI=1S/C14H18N2S/c1-9(2)16-13(11(4)17-14(16)15)12-7-5-10(3)6-8-12/h5-9,15H,1-4H3. The van der Waals surface area contributed by atoms with Crippen LogP contribution in [0.2, 0.25) is 0 Å². The highest BCUT2D eigenvalue weighted by Gasteiger charge is 2.13. The van der Waals surface area contributed by atoms with Crippen molar-refractivity contribution in [2.24, 2.45) is 0 Å². The average molecular weight is 246 g/mol. The van der Waals surface area contributed by atoms with Crippen molar-refractivity contribution < 1.29 is 0 Å². The molecule has 1 N–H and O–H groups in total. The average Bonchev–Trinajstić information content (AvgIpc) is 2.55. The van der Waals surface area contributed by atoms with Crippen LogP contribution in [0.25, 0.3) is 11.3 Å². The Hall–Kier alpha value is -1.35. The maximum absolute atomic E-state index is 8.04. The van der Waals surface area contributed by atoms with E-state index < -0.39 is 0 Å². The number of nitrogens with one attached hydrogen (secondary N) is 1. The lowest BCUT2D eigenvalue weighted by molar-refractivity contribution is 0.585. The van der Waals surface area contributed by atoms with E-state index in [9.17, 15) is 0 Å². The van der Waals surface area contributed by atoms with Crippen molar-refractivity contribution in [3.8, 4) is 11.3 Å². The first-order valence-electron chi connectivity index (χ1n) is 5.84. The molecule has 0 saturated heterocycles. The van der Waals surface area contributed by atoms with Gasteiger partial charge in [-0.3, -0.25) is 5.41 Å². The predicted molar refractivity (Wildman–Crippen MR) is 73.5 cm³/mol. The molecule has 1 heterocycles. The first kappa shape index (κ1) is 12.1. The predicted octanol–water partition coefficient (Wildman–Crippen LogP) is 3.89.